The highest BCUT2D eigenvalue weighted by atomic mass is 16.8. The number of benzene rings is 1. The molecule has 1 saturated heterocycles. The summed E-state index contributed by atoms with van der Waals surface area (Å²) in [5, 5.41) is 0. The van der Waals surface area contributed by atoms with Gasteiger partial charge < -0.3 is 14.2 Å². The molecule has 15 heavy (non-hydrogen) atoms. The Morgan fingerprint density at radius 1 is 1.33 bits per heavy atom. The highest BCUT2D eigenvalue weighted by Crippen LogP contribution is 2.25. The molecule has 1 heterocycles. The van der Waals surface area contributed by atoms with E-state index in [4.69, 9.17) is 14.2 Å². The molecule has 3 heteroatoms. The van der Waals surface area contributed by atoms with Crippen LogP contribution in [0.4, 0.5) is 0 Å². The molecular weight excluding hydrogens is 192 g/mol. The predicted octanol–water partition coefficient (Wildman–Crippen LogP) is 2.32. The van der Waals surface area contributed by atoms with Crippen LogP contribution in [0.2, 0.25) is 0 Å². The van der Waals surface area contributed by atoms with Gasteiger partial charge in [-0.15, -0.1) is 0 Å². The van der Waals surface area contributed by atoms with E-state index < -0.39 is 0 Å². The predicted molar refractivity (Wildman–Crippen MR) is 55.9 cm³/mol. The van der Waals surface area contributed by atoms with E-state index in [-0.39, 0.29) is 6.29 Å². The summed E-state index contributed by atoms with van der Waals surface area (Å²) in [5.74, 6) is 0. The second-order valence-corrected chi connectivity index (χ2v) is 3.38. The summed E-state index contributed by atoms with van der Waals surface area (Å²) >= 11 is 0. The van der Waals surface area contributed by atoms with Crippen LogP contribution in [0.25, 0.3) is 0 Å². The maximum absolute atomic E-state index is 5.52. The third kappa shape index (κ3) is 2.78. The van der Waals surface area contributed by atoms with Gasteiger partial charge in [0.15, 0.2) is 6.29 Å². The first-order chi connectivity index (χ1) is 7.40. The Hall–Kier alpha value is -0.900. The van der Waals surface area contributed by atoms with Gasteiger partial charge in [0.25, 0.3) is 6.29 Å². The minimum atomic E-state index is -0.250. The normalized spacial score (nSPS) is 22.1. The van der Waals surface area contributed by atoms with Gasteiger partial charge in [-0.3, -0.25) is 0 Å². The molecule has 0 aliphatic carbocycles. The van der Waals surface area contributed by atoms with Crippen molar-refractivity contribution in [2.24, 2.45) is 0 Å². The molecule has 0 bridgehead atoms. The van der Waals surface area contributed by atoms with Crippen LogP contribution in [0.3, 0.4) is 0 Å². The molecule has 2 rings (SSSR count). The Balaban J connectivity index is 1.87. The van der Waals surface area contributed by atoms with Gasteiger partial charge in [-0.25, -0.2) is 0 Å². The molecule has 1 aliphatic rings. The molecule has 0 N–H and O–H groups in total. The second-order valence-electron chi connectivity index (χ2n) is 3.38. The number of hydrogen-bond donors (Lipinski definition) is 0. The molecule has 1 aromatic carbocycles. The van der Waals surface area contributed by atoms with Crippen LogP contribution < -0.4 is 0 Å². The van der Waals surface area contributed by atoms with Crippen molar-refractivity contribution in [3.05, 3.63) is 42.2 Å². The smallest absolute Gasteiger partial charge is 0.258 e. The van der Waals surface area contributed by atoms with Gasteiger partial charge in [-0.05, 0) is 6.42 Å². The molecule has 1 radical (unpaired) electrons. The van der Waals surface area contributed by atoms with Crippen LogP contribution in [0.1, 0.15) is 18.9 Å². The van der Waals surface area contributed by atoms with Crippen molar-refractivity contribution in [3.8, 4) is 0 Å². The average Bonchev–Trinajstić information content (AvgIpc) is 2.76. The summed E-state index contributed by atoms with van der Waals surface area (Å²) in [4.78, 5) is 0. The Kier molecular flexibility index (Phi) is 3.72. The standard InChI is InChI=1S/C12H15O3/c1-2-8-13-11-9-14-12(15-11)10-6-4-3-5-7-10/h3-7,11H,2,8-9H2,1H3. The molecule has 1 unspecified atom stereocenters. The van der Waals surface area contributed by atoms with Crippen LogP contribution in [0.5, 0.6) is 0 Å². The Morgan fingerprint density at radius 3 is 2.87 bits per heavy atom. The maximum Gasteiger partial charge on any atom is 0.258 e. The van der Waals surface area contributed by atoms with Gasteiger partial charge in [-0.2, -0.15) is 0 Å². The minimum absolute atomic E-state index is 0.250. The largest absolute Gasteiger partial charge is 0.350 e. The van der Waals surface area contributed by atoms with Gasteiger partial charge in [0.05, 0.1) is 0 Å². The third-order valence-electron chi connectivity index (χ3n) is 2.11. The number of ether oxygens (including phenoxy) is 3. The first-order valence-electron chi connectivity index (χ1n) is 5.23. The topological polar surface area (TPSA) is 27.7 Å². The quantitative estimate of drug-likeness (QED) is 0.758. The Labute approximate surface area is 90.0 Å². The van der Waals surface area contributed by atoms with Crippen LogP contribution >= 0.6 is 0 Å². The summed E-state index contributed by atoms with van der Waals surface area (Å²) in [6.07, 6.45) is 1.30. The van der Waals surface area contributed by atoms with Gasteiger partial charge in [0.1, 0.15) is 6.61 Å². The van der Waals surface area contributed by atoms with Gasteiger partial charge >= 0.3 is 0 Å². The van der Waals surface area contributed by atoms with E-state index in [2.05, 4.69) is 6.92 Å². The highest BCUT2D eigenvalue weighted by Gasteiger charge is 2.29. The molecule has 0 saturated carbocycles. The molecule has 1 aromatic rings. The van der Waals surface area contributed by atoms with Crippen LogP contribution in [-0.2, 0) is 14.2 Å². The monoisotopic (exact) mass is 207 g/mol. The molecule has 1 aliphatic heterocycles. The first kappa shape index (κ1) is 10.6. The van der Waals surface area contributed by atoms with E-state index in [1.54, 1.807) is 0 Å². The highest BCUT2D eigenvalue weighted by molar-refractivity contribution is 5.24. The maximum atomic E-state index is 5.52. The van der Waals surface area contributed by atoms with Gasteiger partial charge in [-0.1, -0.05) is 37.3 Å². The SMILES string of the molecule is CCCOC1CO[C](c2ccccc2)O1. The van der Waals surface area contributed by atoms with E-state index in [1.807, 2.05) is 30.3 Å². The van der Waals surface area contributed by atoms with Crippen molar-refractivity contribution < 1.29 is 14.2 Å². The minimum Gasteiger partial charge on any atom is -0.350 e. The number of rotatable bonds is 4. The second kappa shape index (κ2) is 5.26. The molecule has 3 nitrogen and oxygen atoms in total. The zero-order valence-electron chi connectivity index (χ0n) is 8.81. The molecule has 1 atom stereocenters. The van der Waals surface area contributed by atoms with Crippen molar-refractivity contribution in [2.45, 2.75) is 19.6 Å². The molecular formula is C12H15O3. The molecule has 0 amide bonds. The van der Waals surface area contributed by atoms with Crippen molar-refractivity contribution in [2.75, 3.05) is 13.2 Å². The van der Waals surface area contributed by atoms with Crippen LogP contribution in [0, 0.1) is 6.29 Å². The van der Waals surface area contributed by atoms with E-state index in [1.165, 1.54) is 0 Å². The summed E-state index contributed by atoms with van der Waals surface area (Å²) in [7, 11) is 0. The molecule has 0 spiro atoms. The van der Waals surface area contributed by atoms with Gasteiger partial charge in [0.2, 0.25) is 0 Å². The van der Waals surface area contributed by atoms with Gasteiger partial charge in [0, 0.05) is 12.2 Å². The molecule has 81 valence electrons. The fourth-order valence-corrected chi connectivity index (χ4v) is 1.39. The number of hydrogen-bond acceptors (Lipinski definition) is 3. The Bertz CT molecular complexity index is 286. The molecule has 0 aromatic heterocycles. The van der Waals surface area contributed by atoms with Crippen LogP contribution in [0.15, 0.2) is 30.3 Å². The zero-order chi connectivity index (χ0) is 10.5. The van der Waals surface area contributed by atoms with Crippen molar-refractivity contribution in [1.29, 1.82) is 0 Å². The van der Waals surface area contributed by atoms with E-state index in [0.29, 0.717) is 19.5 Å². The average molecular weight is 207 g/mol. The zero-order valence-corrected chi connectivity index (χ0v) is 8.81. The summed E-state index contributed by atoms with van der Waals surface area (Å²) in [6, 6.07) is 9.78. The summed E-state index contributed by atoms with van der Waals surface area (Å²) in [6.45, 7) is 3.25. The Morgan fingerprint density at radius 2 is 2.13 bits per heavy atom. The van der Waals surface area contributed by atoms with Crippen molar-refractivity contribution in [1.82, 2.24) is 0 Å². The lowest BCUT2D eigenvalue weighted by Gasteiger charge is -2.10. The van der Waals surface area contributed by atoms with E-state index in [9.17, 15) is 0 Å². The van der Waals surface area contributed by atoms with E-state index >= 15 is 0 Å². The van der Waals surface area contributed by atoms with E-state index in [0.717, 1.165) is 12.0 Å². The lowest BCUT2D eigenvalue weighted by molar-refractivity contribution is -0.0976. The van der Waals surface area contributed by atoms with Crippen molar-refractivity contribution in [3.63, 3.8) is 0 Å². The molecule has 1 fully saturated rings. The lowest BCUT2D eigenvalue weighted by Crippen LogP contribution is -2.15. The van der Waals surface area contributed by atoms with Crippen LogP contribution in [-0.4, -0.2) is 19.5 Å². The first-order valence-corrected chi connectivity index (χ1v) is 5.23. The van der Waals surface area contributed by atoms with Crippen molar-refractivity contribution >= 4 is 0 Å². The summed E-state index contributed by atoms with van der Waals surface area (Å²) < 4.78 is 16.4. The third-order valence-corrected chi connectivity index (χ3v) is 2.11. The fourth-order valence-electron chi connectivity index (χ4n) is 1.39. The summed E-state index contributed by atoms with van der Waals surface area (Å²) in [5.41, 5.74) is 0.958. The lowest BCUT2D eigenvalue weighted by atomic mass is 10.2. The fraction of sp³-hybridized carbons (Fsp3) is 0.417.